The molecule has 1 heterocycles. The number of carbonyl (C=O) groups is 1. The van der Waals surface area contributed by atoms with Gasteiger partial charge in [0.15, 0.2) is 6.29 Å². The van der Waals surface area contributed by atoms with Gasteiger partial charge in [-0.1, -0.05) is 43.8 Å². The van der Waals surface area contributed by atoms with Gasteiger partial charge in [0, 0.05) is 4.88 Å². The summed E-state index contributed by atoms with van der Waals surface area (Å²) in [4.78, 5) is 11.1. The largest absolute Gasteiger partial charge is 0.412 e. The number of aldehydes is 1. The lowest BCUT2D eigenvalue weighted by atomic mass is 10.1. The van der Waals surface area contributed by atoms with Gasteiger partial charge in [-0.05, 0) is 37.0 Å². The van der Waals surface area contributed by atoms with Gasteiger partial charge in [0.25, 0.3) is 0 Å². The second-order valence-corrected chi connectivity index (χ2v) is 5.39. The highest BCUT2D eigenvalue weighted by Gasteiger charge is 2.06. The van der Waals surface area contributed by atoms with E-state index in [2.05, 4.69) is 5.32 Å². The monoisotopic (exact) mass is 341 g/mol. The van der Waals surface area contributed by atoms with Crippen molar-refractivity contribution in [3.05, 3.63) is 58.3 Å². The van der Waals surface area contributed by atoms with Crippen molar-refractivity contribution in [3.63, 3.8) is 0 Å². The lowest BCUT2D eigenvalue weighted by Crippen LogP contribution is -2.11. The topological polar surface area (TPSA) is 101 Å². The Morgan fingerprint density at radius 3 is 2.30 bits per heavy atom. The van der Waals surface area contributed by atoms with Crippen LogP contribution in [0.1, 0.15) is 36.5 Å². The number of nitrogens with one attached hydrogen (secondary N) is 1. The second-order valence-electron chi connectivity index (χ2n) is 4.42. The predicted octanol–water partition coefficient (Wildman–Crippen LogP) is 2.12. The van der Waals surface area contributed by atoms with Crippen molar-refractivity contribution in [3.8, 4) is 0 Å². The number of carbonyl (C=O) groups excluding carboxylic acids is 1. The maximum absolute atomic E-state index is 10.1. The third-order valence-electron chi connectivity index (χ3n) is 2.81. The molecule has 0 fully saturated rings. The Morgan fingerprint density at radius 1 is 1.17 bits per heavy atom. The first-order chi connectivity index (χ1) is 10.2. The van der Waals surface area contributed by atoms with E-state index < -0.39 is 6.10 Å². The highest BCUT2D eigenvalue weighted by molar-refractivity contribution is 7.10. The molecule has 0 saturated carbocycles. The number of thiophene rings is 1. The average molecular weight is 341 g/mol. The van der Waals surface area contributed by atoms with E-state index in [0.29, 0.717) is 11.8 Å². The lowest BCUT2D eigenvalue weighted by molar-refractivity contribution is -0.115. The molecular weight excluding hydrogens is 314 g/mol. The van der Waals surface area contributed by atoms with E-state index in [4.69, 9.17) is 5.11 Å². The van der Waals surface area contributed by atoms with Gasteiger partial charge in [-0.15, -0.1) is 11.3 Å². The summed E-state index contributed by atoms with van der Waals surface area (Å²) in [5, 5.41) is 23.5. The fourth-order valence-electron chi connectivity index (χ4n) is 1.63. The minimum absolute atomic E-state index is 0. The third kappa shape index (κ3) is 9.22. The van der Waals surface area contributed by atoms with Crippen LogP contribution in [0.25, 0.3) is 0 Å². The Morgan fingerprint density at radius 2 is 1.83 bits per heavy atom. The van der Waals surface area contributed by atoms with Crippen molar-refractivity contribution in [2.24, 2.45) is 0 Å². The van der Waals surface area contributed by atoms with Gasteiger partial charge >= 0.3 is 0 Å². The van der Waals surface area contributed by atoms with Crippen LogP contribution in [0.15, 0.2) is 47.8 Å². The molecule has 5 N–H and O–H groups in total. The average Bonchev–Trinajstić information content (AvgIpc) is 3.08. The number of aliphatic hydroxyl groups excluding tert-OH is 2. The van der Waals surface area contributed by atoms with Crippen LogP contribution in [-0.4, -0.2) is 35.6 Å². The van der Waals surface area contributed by atoms with Crippen molar-refractivity contribution >= 4 is 17.6 Å². The Labute approximate surface area is 141 Å². The zero-order chi connectivity index (χ0) is 15.5. The zero-order valence-electron chi connectivity index (χ0n) is 12.5. The van der Waals surface area contributed by atoms with Crippen LogP contribution in [0.4, 0.5) is 0 Å². The Hall–Kier alpha value is -1.57. The van der Waals surface area contributed by atoms with E-state index in [1.807, 2.05) is 30.6 Å². The van der Waals surface area contributed by atoms with Gasteiger partial charge in [0.2, 0.25) is 0 Å². The Bertz CT molecular complexity index is 491. The molecule has 0 amide bonds. The molecule has 130 valence electrons. The number of hydrogen-bond acceptors (Lipinski definition) is 5. The van der Waals surface area contributed by atoms with E-state index >= 15 is 0 Å². The van der Waals surface area contributed by atoms with Gasteiger partial charge in [0.1, 0.15) is 6.10 Å². The summed E-state index contributed by atoms with van der Waals surface area (Å²) in [6.45, 7) is 0.860. The van der Waals surface area contributed by atoms with Crippen LogP contribution in [0, 0.1) is 0 Å². The van der Waals surface area contributed by atoms with Gasteiger partial charge < -0.3 is 25.8 Å². The van der Waals surface area contributed by atoms with E-state index in [-0.39, 0.29) is 19.0 Å². The molecule has 0 aliphatic carbocycles. The summed E-state index contributed by atoms with van der Waals surface area (Å²) in [6, 6.07) is 12.7. The molecule has 0 aliphatic rings. The molecule has 2 atom stereocenters. The van der Waals surface area contributed by atoms with Gasteiger partial charge in [-0.25, -0.2) is 0 Å². The van der Waals surface area contributed by atoms with Crippen LogP contribution in [0.2, 0.25) is 0 Å². The number of hydrogen-bond donors (Lipinski definition) is 3. The summed E-state index contributed by atoms with van der Waals surface area (Å²) in [5.41, 5.74) is 0.637. The van der Waals surface area contributed by atoms with E-state index in [0.717, 1.165) is 17.8 Å². The zero-order valence-corrected chi connectivity index (χ0v) is 13.3. The maximum Gasteiger partial charge on any atom is 0.153 e. The van der Waals surface area contributed by atoms with Crippen LogP contribution >= 0.6 is 11.3 Å². The van der Waals surface area contributed by atoms with Crippen molar-refractivity contribution < 1.29 is 20.5 Å². The van der Waals surface area contributed by atoms with Gasteiger partial charge in [-0.3, -0.25) is 0 Å². The fourth-order valence-corrected chi connectivity index (χ4v) is 2.38. The van der Waals surface area contributed by atoms with Crippen LogP contribution < -0.4 is 5.32 Å². The van der Waals surface area contributed by atoms with E-state index in [9.17, 15) is 9.90 Å². The van der Waals surface area contributed by atoms with Crippen molar-refractivity contribution in [2.75, 3.05) is 13.6 Å². The molecule has 0 saturated heterocycles. The molecule has 0 bridgehead atoms. The molecule has 0 unspecified atom stereocenters. The molecule has 0 aliphatic heterocycles. The molecule has 0 spiro atoms. The summed E-state index contributed by atoms with van der Waals surface area (Å²) in [7, 11) is 1.89. The first kappa shape index (κ1) is 23.7. The molecule has 23 heavy (non-hydrogen) atoms. The summed E-state index contributed by atoms with van der Waals surface area (Å²) in [5.74, 6) is 0. The molecule has 2 rings (SSSR count). The normalized spacial score (nSPS) is 11.8. The first-order valence-electron chi connectivity index (χ1n) is 6.73. The summed E-state index contributed by atoms with van der Waals surface area (Å²) in [6.07, 6.45) is 0.0375. The number of benzene rings is 1. The summed E-state index contributed by atoms with van der Waals surface area (Å²) >= 11 is 1.60. The Kier molecular flexibility index (Phi) is 14.5. The number of rotatable bonds is 6. The highest BCUT2D eigenvalue weighted by Crippen LogP contribution is 2.20. The smallest absolute Gasteiger partial charge is 0.153 e. The van der Waals surface area contributed by atoms with E-state index in [1.54, 1.807) is 35.6 Å². The number of aliphatic hydroxyl groups is 2. The van der Waals surface area contributed by atoms with Crippen LogP contribution in [-0.2, 0) is 4.79 Å². The van der Waals surface area contributed by atoms with Gasteiger partial charge in [0.05, 0.1) is 6.10 Å². The van der Waals surface area contributed by atoms with Crippen molar-refractivity contribution in [1.29, 1.82) is 0 Å². The van der Waals surface area contributed by atoms with Crippen LogP contribution in [0.3, 0.4) is 0 Å². The fraction of sp³-hybridized carbons (Fsp3) is 0.353. The Balaban J connectivity index is 0. The first-order valence-corrected chi connectivity index (χ1v) is 7.61. The molecule has 2 aromatic rings. The molecule has 0 radical (unpaired) electrons. The lowest BCUT2D eigenvalue weighted by Gasteiger charge is -2.06. The minimum atomic E-state index is -0.971. The highest BCUT2D eigenvalue weighted by atomic mass is 32.1. The molecule has 6 heteroatoms. The second kappa shape index (κ2) is 14.0. The van der Waals surface area contributed by atoms with Crippen molar-refractivity contribution in [1.82, 2.24) is 5.32 Å². The predicted molar refractivity (Wildman–Crippen MR) is 95.6 cm³/mol. The molecule has 1 aromatic carbocycles. The molecule has 1 aromatic heterocycles. The quantitative estimate of drug-likeness (QED) is 0.701. The third-order valence-corrected chi connectivity index (χ3v) is 3.78. The molecule has 5 nitrogen and oxygen atoms in total. The standard InChI is InChI=1S/C8H13NOS.C8H8O2.CH4.H2O/c1-9-5-4-7(10)8-3-2-6-11-8;9-6-8(10)7-4-2-1-3-5-7;;/h2-3,6-7,9-10H,4-5H2,1H3;1-6,8,10H;1H4;1H2/t7-;8-;;/m01../s1. The molecular formula is C17H27NO4S. The summed E-state index contributed by atoms with van der Waals surface area (Å²) < 4.78 is 0. The SMILES string of the molecule is C.CNCC[C@H](O)c1cccs1.O.O=C[C@@H](O)c1ccccc1. The van der Waals surface area contributed by atoms with Crippen molar-refractivity contribution in [2.45, 2.75) is 26.1 Å². The van der Waals surface area contributed by atoms with Gasteiger partial charge in [-0.2, -0.15) is 0 Å². The maximum atomic E-state index is 10.1. The van der Waals surface area contributed by atoms with Crippen LogP contribution in [0.5, 0.6) is 0 Å². The minimum Gasteiger partial charge on any atom is -0.412 e. The van der Waals surface area contributed by atoms with E-state index in [1.165, 1.54) is 0 Å².